The van der Waals surface area contributed by atoms with Gasteiger partial charge in [0.2, 0.25) is 11.8 Å². The van der Waals surface area contributed by atoms with Gasteiger partial charge >= 0.3 is 0 Å². The molecule has 1 N–H and O–H groups in total. The Morgan fingerprint density at radius 3 is 2.71 bits per heavy atom. The minimum absolute atomic E-state index is 0.0977. The molecular weight excluding hydrogens is 286 g/mol. The van der Waals surface area contributed by atoms with Crippen LogP contribution in [0.15, 0.2) is 17.5 Å². The fourth-order valence-corrected chi connectivity index (χ4v) is 3.40. The van der Waals surface area contributed by atoms with Crippen LogP contribution in [0.2, 0.25) is 0 Å². The van der Waals surface area contributed by atoms with Gasteiger partial charge in [-0.2, -0.15) is 0 Å². The van der Waals surface area contributed by atoms with Gasteiger partial charge in [-0.25, -0.2) is 0 Å². The van der Waals surface area contributed by atoms with Crippen molar-refractivity contribution < 1.29 is 9.59 Å². The van der Waals surface area contributed by atoms with Crippen molar-refractivity contribution in [3.63, 3.8) is 0 Å². The highest BCUT2D eigenvalue weighted by Crippen LogP contribution is 2.27. The summed E-state index contributed by atoms with van der Waals surface area (Å²) in [4.78, 5) is 28.2. The first-order valence-corrected chi connectivity index (χ1v) is 8.21. The lowest BCUT2D eigenvalue weighted by atomic mass is 10.2. The second kappa shape index (κ2) is 7.56. The maximum Gasteiger partial charge on any atom is 0.239 e. The molecule has 1 aliphatic heterocycles. The van der Waals surface area contributed by atoms with Crippen molar-refractivity contribution in [3.8, 4) is 0 Å². The Labute approximate surface area is 129 Å². The first-order chi connectivity index (χ1) is 10.1. The quantitative estimate of drug-likeness (QED) is 0.866. The standard InChI is InChI=1S/C15H23N3O2S/c1-12(19)17(2)11-15(20)16-10-13(14-6-5-9-21-14)18-7-3-4-8-18/h5-6,9,13H,3-4,7-8,10-11H2,1-2H3,(H,16,20)/t13-/m1/s1. The number of hydrogen-bond donors (Lipinski definition) is 1. The highest BCUT2D eigenvalue weighted by Gasteiger charge is 2.24. The van der Waals surface area contributed by atoms with Crippen molar-refractivity contribution in [1.82, 2.24) is 15.1 Å². The van der Waals surface area contributed by atoms with Gasteiger partial charge < -0.3 is 10.2 Å². The number of nitrogens with zero attached hydrogens (tertiary/aromatic N) is 2. The molecule has 6 heteroatoms. The lowest BCUT2D eigenvalue weighted by molar-refractivity contribution is -0.133. The normalized spacial score (nSPS) is 16.7. The maximum absolute atomic E-state index is 11.9. The van der Waals surface area contributed by atoms with E-state index >= 15 is 0 Å². The molecule has 1 aromatic heterocycles. The second-order valence-electron chi connectivity index (χ2n) is 5.45. The van der Waals surface area contributed by atoms with Crippen LogP contribution < -0.4 is 5.32 Å². The van der Waals surface area contributed by atoms with Crippen molar-refractivity contribution in [2.45, 2.75) is 25.8 Å². The van der Waals surface area contributed by atoms with Crippen LogP contribution in [0.1, 0.15) is 30.7 Å². The highest BCUT2D eigenvalue weighted by molar-refractivity contribution is 7.10. The molecular formula is C15H23N3O2S. The Morgan fingerprint density at radius 1 is 1.43 bits per heavy atom. The van der Waals surface area contributed by atoms with Crippen LogP contribution in [-0.4, -0.2) is 54.8 Å². The maximum atomic E-state index is 11.9. The Morgan fingerprint density at radius 2 is 2.14 bits per heavy atom. The molecule has 1 aromatic rings. The van der Waals surface area contributed by atoms with Crippen LogP contribution in [0.5, 0.6) is 0 Å². The first kappa shape index (κ1) is 16.0. The molecule has 1 atom stereocenters. The molecule has 0 radical (unpaired) electrons. The molecule has 0 saturated carbocycles. The Hall–Kier alpha value is -1.40. The molecule has 21 heavy (non-hydrogen) atoms. The third-order valence-corrected chi connectivity index (χ3v) is 4.84. The average molecular weight is 309 g/mol. The van der Waals surface area contributed by atoms with E-state index in [1.165, 1.54) is 29.5 Å². The summed E-state index contributed by atoms with van der Waals surface area (Å²) >= 11 is 1.73. The summed E-state index contributed by atoms with van der Waals surface area (Å²) in [7, 11) is 1.64. The van der Waals surface area contributed by atoms with Crippen LogP contribution >= 0.6 is 11.3 Å². The van der Waals surface area contributed by atoms with E-state index in [0.29, 0.717) is 6.54 Å². The zero-order valence-electron chi connectivity index (χ0n) is 12.7. The summed E-state index contributed by atoms with van der Waals surface area (Å²) < 4.78 is 0. The van der Waals surface area contributed by atoms with Gasteiger partial charge in [0.1, 0.15) is 0 Å². The van der Waals surface area contributed by atoms with Gasteiger partial charge in [-0.15, -0.1) is 11.3 Å². The van der Waals surface area contributed by atoms with Gasteiger partial charge in [-0.05, 0) is 37.4 Å². The number of amides is 2. The van der Waals surface area contributed by atoms with E-state index in [4.69, 9.17) is 0 Å². The number of thiophene rings is 1. The van der Waals surface area contributed by atoms with Crippen LogP contribution in [0.4, 0.5) is 0 Å². The van der Waals surface area contributed by atoms with Crippen molar-refractivity contribution in [2.75, 3.05) is 33.2 Å². The Balaban J connectivity index is 1.90. The number of rotatable bonds is 6. The number of likely N-dealkylation sites (tertiary alicyclic amines) is 1. The van der Waals surface area contributed by atoms with E-state index < -0.39 is 0 Å². The predicted molar refractivity (Wildman–Crippen MR) is 84.2 cm³/mol. The SMILES string of the molecule is CC(=O)N(C)CC(=O)NC[C@H](c1cccs1)N1CCCC1. The molecule has 1 aliphatic rings. The monoisotopic (exact) mass is 309 g/mol. The summed E-state index contributed by atoms with van der Waals surface area (Å²) in [5.74, 6) is -0.201. The average Bonchev–Trinajstić information content (AvgIpc) is 3.11. The number of carbonyl (C=O) groups is 2. The fraction of sp³-hybridized carbons (Fsp3) is 0.600. The van der Waals surface area contributed by atoms with Gasteiger partial charge in [0, 0.05) is 25.4 Å². The minimum atomic E-state index is -0.103. The molecule has 0 spiro atoms. The molecule has 0 aromatic carbocycles. The van der Waals surface area contributed by atoms with Crippen LogP contribution in [0, 0.1) is 0 Å². The number of nitrogens with one attached hydrogen (secondary N) is 1. The minimum Gasteiger partial charge on any atom is -0.353 e. The molecule has 0 aliphatic carbocycles. The van der Waals surface area contributed by atoms with E-state index in [1.807, 2.05) is 0 Å². The van der Waals surface area contributed by atoms with Crippen LogP contribution in [0.25, 0.3) is 0 Å². The predicted octanol–water partition coefficient (Wildman–Crippen LogP) is 1.48. The van der Waals surface area contributed by atoms with Crippen molar-refractivity contribution in [1.29, 1.82) is 0 Å². The molecule has 0 unspecified atom stereocenters. The lowest BCUT2D eigenvalue weighted by Gasteiger charge is -2.27. The van der Waals surface area contributed by atoms with Crippen molar-refractivity contribution in [3.05, 3.63) is 22.4 Å². The number of hydrogen-bond acceptors (Lipinski definition) is 4. The largest absolute Gasteiger partial charge is 0.353 e. The van der Waals surface area contributed by atoms with Crippen LogP contribution in [0.3, 0.4) is 0 Å². The number of likely N-dealkylation sites (N-methyl/N-ethyl adjacent to an activating group) is 1. The first-order valence-electron chi connectivity index (χ1n) is 7.34. The van der Waals surface area contributed by atoms with Crippen molar-refractivity contribution in [2.24, 2.45) is 0 Å². The third kappa shape index (κ3) is 4.54. The third-order valence-electron chi connectivity index (χ3n) is 3.86. The van der Waals surface area contributed by atoms with E-state index in [1.54, 1.807) is 18.4 Å². The molecule has 2 amide bonds. The highest BCUT2D eigenvalue weighted by atomic mass is 32.1. The zero-order chi connectivity index (χ0) is 15.2. The molecule has 1 fully saturated rings. The summed E-state index contributed by atoms with van der Waals surface area (Å²) in [5, 5.41) is 5.04. The zero-order valence-corrected chi connectivity index (χ0v) is 13.5. The van der Waals surface area contributed by atoms with Crippen LogP contribution in [-0.2, 0) is 9.59 Å². The number of carbonyl (C=O) groups excluding carboxylic acids is 2. The van der Waals surface area contributed by atoms with Gasteiger partial charge in [-0.1, -0.05) is 6.07 Å². The van der Waals surface area contributed by atoms with Crippen molar-refractivity contribution >= 4 is 23.2 Å². The molecule has 2 rings (SSSR count). The summed E-state index contributed by atoms with van der Waals surface area (Å²) in [5.41, 5.74) is 0. The summed E-state index contributed by atoms with van der Waals surface area (Å²) in [6.07, 6.45) is 2.45. The van der Waals surface area contributed by atoms with E-state index in [2.05, 4.69) is 27.7 Å². The molecule has 2 heterocycles. The Kier molecular flexibility index (Phi) is 5.76. The van der Waals surface area contributed by atoms with Gasteiger partial charge in [0.15, 0.2) is 0 Å². The summed E-state index contributed by atoms with van der Waals surface area (Å²) in [6.45, 7) is 4.36. The summed E-state index contributed by atoms with van der Waals surface area (Å²) in [6, 6.07) is 4.43. The second-order valence-corrected chi connectivity index (χ2v) is 6.43. The van der Waals surface area contributed by atoms with Gasteiger partial charge in [0.05, 0.1) is 12.6 Å². The van der Waals surface area contributed by atoms with E-state index in [-0.39, 0.29) is 24.4 Å². The molecule has 5 nitrogen and oxygen atoms in total. The molecule has 1 saturated heterocycles. The Bertz CT molecular complexity index is 469. The van der Waals surface area contributed by atoms with E-state index in [9.17, 15) is 9.59 Å². The molecule has 0 bridgehead atoms. The van der Waals surface area contributed by atoms with Gasteiger partial charge in [0.25, 0.3) is 0 Å². The smallest absolute Gasteiger partial charge is 0.239 e. The van der Waals surface area contributed by atoms with E-state index in [0.717, 1.165) is 13.1 Å². The topological polar surface area (TPSA) is 52.7 Å². The lowest BCUT2D eigenvalue weighted by Crippen LogP contribution is -2.41. The molecule has 116 valence electrons. The fourth-order valence-electron chi connectivity index (χ4n) is 2.54. The van der Waals surface area contributed by atoms with Gasteiger partial charge in [-0.3, -0.25) is 14.5 Å².